The van der Waals surface area contributed by atoms with Crippen LogP contribution in [0.15, 0.2) is 18.2 Å². The Labute approximate surface area is 122 Å². The molecule has 110 valence electrons. The van der Waals surface area contributed by atoms with Crippen LogP contribution >= 0.6 is 0 Å². The molecule has 0 aliphatic heterocycles. The second-order valence-electron chi connectivity index (χ2n) is 5.02. The molecule has 0 atom stereocenters. The van der Waals surface area contributed by atoms with Crippen molar-refractivity contribution in [2.45, 2.75) is 25.7 Å². The van der Waals surface area contributed by atoms with E-state index in [4.69, 9.17) is 10.6 Å². The van der Waals surface area contributed by atoms with Crippen LogP contribution in [-0.4, -0.2) is 17.1 Å². The predicted molar refractivity (Wildman–Crippen MR) is 78.4 cm³/mol. The molecule has 1 aromatic carbocycles. The zero-order chi connectivity index (χ0) is 14.8. The van der Waals surface area contributed by atoms with Gasteiger partial charge in [-0.25, -0.2) is 20.2 Å². The Kier molecular flexibility index (Phi) is 3.70. The van der Waals surface area contributed by atoms with E-state index in [1.165, 1.54) is 13.2 Å². The van der Waals surface area contributed by atoms with Gasteiger partial charge in [0.05, 0.1) is 7.11 Å². The van der Waals surface area contributed by atoms with E-state index in [0.29, 0.717) is 17.2 Å². The average molecular weight is 288 g/mol. The van der Waals surface area contributed by atoms with Crippen molar-refractivity contribution >= 4 is 5.82 Å². The summed E-state index contributed by atoms with van der Waals surface area (Å²) >= 11 is 0. The molecule has 1 aromatic heterocycles. The summed E-state index contributed by atoms with van der Waals surface area (Å²) in [5.41, 5.74) is 5.46. The third-order valence-corrected chi connectivity index (χ3v) is 3.73. The van der Waals surface area contributed by atoms with Crippen molar-refractivity contribution in [2.24, 2.45) is 5.84 Å². The molecule has 2 aromatic rings. The lowest BCUT2D eigenvalue weighted by molar-refractivity contribution is 0.386. The maximum Gasteiger partial charge on any atom is 0.165 e. The molecule has 1 heterocycles. The van der Waals surface area contributed by atoms with Gasteiger partial charge in [-0.2, -0.15) is 0 Å². The first-order valence-electron chi connectivity index (χ1n) is 6.93. The van der Waals surface area contributed by atoms with Crippen LogP contribution in [0.2, 0.25) is 0 Å². The first kappa shape index (κ1) is 13.8. The van der Waals surface area contributed by atoms with Crippen molar-refractivity contribution in [2.75, 3.05) is 12.5 Å². The number of methoxy groups -OCH3 is 1. The molecule has 0 radical (unpaired) electrons. The molecule has 0 fully saturated rings. The third kappa shape index (κ3) is 2.54. The van der Waals surface area contributed by atoms with Crippen molar-refractivity contribution in [1.82, 2.24) is 9.97 Å². The van der Waals surface area contributed by atoms with Crippen molar-refractivity contribution in [3.8, 4) is 17.1 Å². The summed E-state index contributed by atoms with van der Waals surface area (Å²) in [7, 11) is 1.43. The highest BCUT2D eigenvalue weighted by molar-refractivity contribution is 5.62. The fourth-order valence-electron chi connectivity index (χ4n) is 2.64. The highest BCUT2D eigenvalue weighted by Gasteiger charge is 2.18. The number of rotatable bonds is 3. The van der Waals surface area contributed by atoms with Gasteiger partial charge in [-0.1, -0.05) is 0 Å². The van der Waals surface area contributed by atoms with Gasteiger partial charge in [-0.05, 0) is 43.9 Å². The van der Waals surface area contributed by atoms with Gasteiger partial charge in [-0.3, -0.25) is 0 Å². The monoisotopic (exact) mass is 288 g/mol. The van der Waals surface area contributed by atoms with Crippen LogP contribution in [0.25, 0.3) is 11.4 Å². The van der Waals surface area contributed by atoms with Gasteiger partial charge in [0.15, 0.2) is 17.4 Å². The molecule has 0 unspecified atom stereocenters. The highest BCUT2D eigenvalue weighted by Crippen LogP contribution is 2.29. The number of anilines is 1. The molecule has 0 bridgehead atoms. The molecule has 21 heavy (non-hydrogen) atoms. The van der Waals surface area contributed by atoms with Gasteiger partial charge >= 0.3 is 0 Å². The lowest BCUT2D eigenvalue weighted by atomic mass is 9.96. The van der Waals surface area contributed by atoms with Crippen LogP contribution in [0.1, 0.15) is 24.1 Å². The van der Waals surface area contributed by atoms with E-state index in [1.807, 2.05) is 0 Å². The van der Waals surface area contributed by atoms with E-state index >= 15 is 0 Å². The number of nitrogens with zero attached hydrogens (tertiary/aromatic N) is 2. The minimum atomic E-state index is -0.406. The summed E-state index contributed by atoms with van der Waals surface area (Å²) in [5, 5.41) is 0. The van der Waals surface area contributed by atoms with Crippen molar-refractivity contribution in [3.63, 3.8) is 0 Å². The van der Waals surface area contributed by atoms with E-state index in [2.05, 4.69) is 15.4 Å². The number of nitrogens with two attached hydrogens (primary N) is 1. The van der Waals surface area contributed by atoms with Crippen LogP contribution in [0.5, 0.6) is 5.75 Å². The summed E-state index contributed by atoms with van der Waals surface area (Å²) < 4.78 is 18.5. The molecule has 0 spiro atoms. The van der Waals surface area contributed by atoms with Crippen LogP contribution < -0.4 is 16.0 Å². The second-order valence-corrected chi connectivity index (χ2v) is 5.02. The predicted octanol–water partition coefficient (Wildman–Crippen LogP) is 2.46. The second kappa shape index (κ2) is 5.65. The van der Waals surface area contributed by atoms with Crippen LogP contribution in [0.4, 0.5) is 10.2 Å². The highest BCUT2D eigenvalue weighted by atomic mass is 19.1. The van der Waals surface area contributed by atoms with E-state index < -0.39 is 5.82 Å². The zero-order valence-corrected chi connectivity index (χ0v) is 11.8. The molecule has 0 saturated heterocycles. The van der Waals surface area contributed by atoms with Crippen molar-refractivity contribution < 1.29 is 9.13 Å². The third-order valence-electron chi connectivity index (χ3n) is 3.73. The summed E-state index contributed by atoms with van der Waals surface area (Å²) in [6.07, 6.45) is 4.08. The molecule has 5 nitrogen and oxygen atoms in total. The molecule has 1 aliphatic carbocycles. The number of benzene rings is 1. The lowest BCUT2D eigenvalue weighted by Crippen LogP contribution is -2.17. The van der Waals surface area contributed by atoms with Gasteiger partial charge < -0.3 is 10.2 Å². The zero-order valence-electron chi connectivity index (χ0n) is 11.8. The largest absolute Gasteiger partial charge is 0.494 e. The van der Waals surface area contributed by atoms with E-state index in [0.717, 1.165) is 36.9 Å². The van der Waals surface area contributed by atoms with E-state index in [1.54, 1.807) is 12.1 Å². The number of ether oxygens (including phenoxy) is 1. The SMILES string of the molecule is COc1cc(-c2nc3c(c(NN)n2)CCCC3)ccc1F. The maximum atomic E-state index is 13.5. The van der Waals surface area contributed by atoms with Crippen LogP contribution in [-0.2, 0) is 12.8 Å². The number of halogens is 1. The maximum absolute atomic E-state index is 13.5. The van der Waals surface area contributed by atoms with Gasteiger partial charge in [0.1, 0.15) is 5.82 Å². The molecule has 1 aliphatic rings. The normalized spacial score (nSPS) is 13.7. The number of hydrazine groups is 1. The van der Waals surface area contributed by atoms with E-state index in [-0.39, 0.29) is 5.75 Å². The first-order valence-corrected chi connectivity index (χ1v) is 6.93. The van der Waals surface area contributed by atoms with Gasteiger partial charge in [0.25, 0.3) is 0 Å². The molecule has 6 heteroatoms. The molecular formula is C15H17FN4O. The van der Waals surface area contributed by atoms with Gasteiger partial charge in [0, 0.05) is 16.8 Å². The van der Waals surface area contributed by atoms with Gasteiger partial charge in [0.2, 0.25) is 0 Å². The Morgan fingerprint density at radius 1 is 1.24 bits per heavy atom. The minimum Gasteiger partial charge on any atom is -0.494 e. The fourth-order valence-corrected chi connectivity index (χ4v) is 2.64. The minimum absolute atomic E-state index is 0.177. The van der Waals surface area contributed by atoms with Crippen LogP contribution in [0.3, 0.4) is 0 Å². The number of aryl methyl sites for hydroxylation is 1. The average Bonchev–Trinajstić information content (AvgIpc) is 2.54. The number of nitrogens with one attached hydrogen (secondary N) is 1. The van der Waals surface area contributed by atoms with E-state index in [9.17, 15) is 4.39 Å². The Bertz CT molecular complexity index is 658. The number of hydrogen-bond acceptors (Lipinski definition) is 5. The standard InChI is InChI=1S/C15H17FN4O/c1-21-13-8-9(6-7-11(13)16)14-18-12-5-3-2-4-10(12)15(19-14)20-17/h6-8H,2-5,17H2,1H3,(H,18,19,20). The fraction of sp³-hybridized carbons (Fsp3) is 0.333. The number of aromatic nitrogens is 2. The molecule has 3 N–H and O–H groups in total. The quantitative estimate of drug-likeness (QED) is 0.670. The Hall–Kier alpha value is -2.21. The first-order chi connectivity index (χ1) is 10.2. The summed E-state index contributed by atoms with van der Waals surface area (Å²) in [5.74, 6) is 6.53. The lowest BCUT2D eigenvalue weighted by Gasteiger charge is -2.18. The Balaban J connectivity index is 2.10. The summed E-state index contributed by atoms with van der Waals surface area (Å²) in [6, 6.07) is 4.59. The molecule has 0 amide bonds. The Morgan fingerprint density at radius 3 is 2.81 bits per heavy atom. The Morgan fingerprint density at radius 2 is 2.05 bits per heavy atom. The number of hydrogen-bond donors (Lipinski definition) is 2. The topological polar surface area (TPSA) is 73.1 Å². The summed E-state index contributed by atoms with van der Waals surface area (Å²) in [4.78, 5) is 9.07. The summed E-state index contributed by atoms with van der Waals surface area (Å²) in [6.45, 7) is 0. The van der Waals surface area contributed by atoms with Gasteiger partial charge in [-0.15, -0.1) is 0 Å². The number of fused-ring (bicyclic) bond motifs is 1. The number of nitrogen functional groups attached to an aromatic ring is 1. The van der Waals surface area contributed by atoms with Crippen LogP contribution in [0, 0.1) is 5.82 Å². The smallest absolute Gasteiger partial charge is 0.165 e. The molecule has 0 saturated carbocycles. The van der Waals surface area contributed by atoms with Crippen molar-refractivity contribution in [3.05, 3.63) is 35.3 Å². The molecular weight excluding hydrogens is 271 g/mol. The van der Waals surface area contributed by atoms with Crippen molar-refractivity contribution in [1.29, 1.82) is 0 Å². The molecule has 3 rings (SSSR count).